The Kier molecular flexibility index (Phi) is 4.22. The summed E-state index contributed by atoms with van der Waals surface area (Å²) < 4.78 is 0. The largest absolute Gasteiger partial charge is 0.367 e. The van der Waals surface area contributed by atoms with Gasteiger partial charge in [-0.1, -0.05) is 19.8 Å². The maximum Gasteiger partial charge on any atom is 0.226 e. The monoisotopic (exact) mass is 288 g/mol. The molecule has 0 bridgehead atoms. The lowest BCUT2D eigenvalue weighted by atomic mass is 9.83. The summed E-state index contributed by atoms with van der Waals surface area (Å²) in [5.74, 6) is 2.42. The van der Waals surface area contributed by atoms with E-state index < -0.39 is 0 Å². The van der Waals surface area contributed by atoms with E-state index in [0.29, 0.717) is 12.0 Å². The zero-order valence-corrected chi connectivity index (χ0v) is 12.8. The fraction of sp³-hybridized carbons (Fsp3) is 0.667. The molecule has 1 aliphatic rings. The molecule has 114 valence electrons. The predicted octanol–water partition coefficient (Wildman–Crippen LogP) is 3.17. The summed E-state index contributed by atoms with van der Waals surface area (Å²) in [6.45, 7) is 2.28. The van der Waals surface area contributed by atoms with Gasteiger partial charge in [-0.3, -0.25) is 5.10 Å². The zero-order chi connectivity index (χ0) is 14.7. The molecule has 2 aromatic heterocycles. The van der Waals surface area contributed by atoms with Gasteiger partial charge < -0.3 is 10.6 Å². The Morgan fingerprint density at radius 2 is 2.05 bits per heavy atom. The molecule has 0 unspecified atom stereocenters. The molecule has 0 aliphatic heterocycles. The topological polar surface area (TPSA) is 78.5 Å². The van der Waals surface area contributed by atoms with Gasteiger partial charge in [-0.2, -0.15) is 15.1 Å². The van der Waals surface area contributed by atoms with Crippen molar-refractivity contribution in [3.63, 3.8) is 0 Å². The molecule has 2 aromatic rings. The Labute approximate surface area is 125 Å². The van der Waals surface area contributed by atoms with Gasteiger partial charge in [-0.15, -0.1) is 0 Å². The molecule has 6 nitrogen and oxygen atoms in total. The third kappa shape index (κ3) is 3.09. The summed E-state index contributed by atoms with van der Waals surface area (Å²) in [7, 11) is 1.83. The SMILES string of the molecule is CCCC1CCC(Nc2nc(NC)nc3[nH]ncc23)CC1. The summed E-state index contributed by atoms with van der Waals surface area (Å²) >= 11 is 0. The van der Waals surface area contributed by atoms with Crippen LogP contribution in [-0.4, -0.2) is 33.3 Å². The first-order valence-electron chi connectivity index (χ1n) is 7.95. The Hall–Kier alpha value is -1.85. The first-order chi connectivity index (χ1) is 10.3. The highest BCUT2D eigenvalue weighted by molar-refractivity contribution is 5.87. The smallest absolute Gasteiger partial charge is 0.226 e. The standard InChI is InChI=1S/C15H24N6/c1-3-4-10-5-7-11(8-6-10)18-13-12-9-17-21-14(12)20-15(16-2)19-13/h9-11H,3-8H2,1-2H3,(H3,16,17,18,19,20,21). The number of anilines is 2. The number of nitrogens with one attached hydrogen (secondary N) is 3. The molecule has 21 heavy (non-hydrogen) atoms. The van der Waals surface area contributed by atoms with Gasteiger partial charge in [0.2, 0.25) is 5.95 Å². The van der Waals surface area contributed by atoms with E-state index in [1.165, 1.54) is 38.5 Å². The second-order valence-corrected chi connectivity index (χ2v) is 5.93. The van der Waals surface area contributed by atoms with Gasteiger partial charge >= 0.3 is 0 Å². The summed E-state index contributed by atoms with van der Waals surface area (Å²) in [5, 5.41) is 14.5. The molecule has 0 spiro atoms. The third-order valence-corrected chi connectivity index (χ3v) is 4.42. The molecule has 3 N–H and O–H groups in total. The van der Waals surface area contributed by atoms with Gasteiger partial charge in [0.25, 0.3) is 0 Å². The van der Waals surface area contributed by atoms with Crippen LogP contribution in [0.15, 0.2) is 6.20 Å². The van der Waals surface area contributed by atoms with E-state index in [2.05, 4.69) is 37.7 Å². The molecular weight excluding hydrogens is 264 g/mol. The predicted molar refractivity (Wildman–Crippen MR) is 85.5 cm³/mol. The second kappa shape index (κ2) is 6.28. The Bertz CT molecular complexity index is 585. The van der Waals surface area contributed by atoms with E-state index in [-0.39, 0.29) is 0 Å². The maximum atomic E-state index is 4.55. The molecule has 2 heterocycles. The lowest BCUT2D eigenvalue weighted by Gasteiger charge is -2.29. The van der Waals surface area contributed by atoms with E-state index in [1.54, 1.807) is 6.20 Å². The molecule has 0 atom stereocenters. The minimum atomic E-state index is 0.510. The highest BCUT2D eigenvalue weighted by atomic mass is 15.2. The molecular formula is C15H24N6. The summed E-state index contributed by atoms with van der Waals surface area (Å²) in [6, 6.07) is 0.510. The van der Waals surface area contributed by atoms with Crippen molar-refractivity contribution < 1.29 is 0 Å². The quantitative estimate of drug-likeness (QED) is 0.787. The van der Waals surface area contributed by atoms with E-state index >= 15 is 0 Å². The van der Waals surface area contributed by atoms with Gasteiger partial charge in [0, 0.05) is 13.1 Å². The highest BCUT2D eigenvalue weighted by Gasteiger charge is 2.21. The first-order valence-corrected chi connectivity index (χ1v) is 7.95. The van der Waals surface area contributed by atoms with E-state index in [0.717, 1.165) is 22.8 Å². The van der Waals surface area contributed by atoms with Crippen molar-refractivity contribution >= 4 is 22.8 Å². The fourth-order valence-electron chi connectivity index (χ4n) is 3.25. The molecule has 1 aliphatic carbocycles. The molecule has 1 fully saturated rings. The number of nitrogens with zero attached hydrogens (tertiary/aromatic N) is 3. The molecule has 0 saturated heterocycles. The average Bonchev–Trinajstić information content (AvgIpc) is 2.98. The van der Waals surface area contributed by atoms with Crippen molar-refractivity contribution in [3.05, 3.63) is 6.20 Å². The number of aromatic nitrogens is 4. The van der Waals surface area contributed by atoms with E-state index in [9.17, 15) is 0 Å². The summed E-state index contributed by atoms with van der Waals surface area (Å²) in [5.41, 5.74) is 0.775. The first kappa shape index (κ1) is 14.1. The Balaban J connectivity index is 1.72. The van der Waals surface area contributed by atoms with Gasteiger partial charge in [0.1, 0.15) is 5.82 Å². The molecule has 6 heteroatoms. The summed E-state index contributed by atoms with van der Waals surface area (Å²) in [6.07, 6.45) is 9.56. The lowest BCUT2D eigenvalue weighted by Crippen LogP contribution is -2.26. The normalized spacial score (nSPS) is 22.4. The number of fused-ring (bicyclic) bond motifs is 1. The van der Waals surface area contributed by atoms with Crippen LogP contribution in [0.2, 0.25) is 0 Å². The van der Waals surface area contributed by atoms with Gasteiger partial charge in [0.05, 0.1) is 11.6 Å². The molecule has 0 aromatic carbocycles. The molecule has 3 rings (SSSR count). The van der Waals surface area contributed by atoms with Gasteiger partial charge in [-0.05, 0) is 31.6 Å². The van der Waals surface area contributed by atoms with Crippen LogP contribution in [0.5, 0.6) is 0 Å². The van der Waals surface area contributed by atoms with E-state index in [1.807, 2.05) is 7.05 Å². The average molecular weight is 288 g/mol. The number of rotatable bonds is 5. The van der Waals surface area contributed by atoms with Gasteiger partial charge in [-0.25, -0.2) is 0 Å². The Morgan fingerprint density at radius 3 is 2.76 bits per heavy atom. The van der Waals surface area contributed by atoms with Crippen LogP contribution in [0.25, 0.3) is 11.0 Å². The van der Waals surface area contributed by atoms with Crippen molar-refractivity contribution in [2.75, 3.05) is 17.7 Å². The molecule has 1 saturated carbocycles. The molecule has 0 amide bonds. The van der Waals surface area contributed by atoms with Crippen LogP contribution >= 0.6 is 0 Å². The number of aromatic amines is 1. The highest BCUT2D eigenvalue weighted by Crippen LogP contribution is 2.30. The van der Waals surface area contributed by atoms with Crippen molar-refractivity contribution in [1.29, 1.82) is 0 Å². The second-order valence-electron chi connectivity index (χ2n) is 5.93. The van der Waals surface area contributed by atoms with Crippen LogP contribution in [0, 0.1) is 5.92 Å². The zero-order valence-electron chi connectivity index (χ0n) is 12.8. The van der Waals surface area contributed by atoms with Crippen LogP contribution in [0.1, 0.15) is 45.4 Å². The van der Waals surface area contributed by atoms with Crippen LogP contribution in [0.3, 0.4) is 0 Å². The van der Waals surface area contributed by atoms with Crippen LogP contribution in [-0.2, 0) is 0 Å². The van der Waals surface area contributed by atoms with E-state index in [4.69, 9.17) is 0 Å². The van der Waals surface area contributed by atoms with Crippen molar-refractivity contribution in [3.8, 4) is 0 Å². The van der Waals surface area contributed by atoms with Gasteiger partial charge in [0.15, 0.2) is 5.65 Å². The lowest BCUT2D eigenvalue weighted by molar-refractivity contribution is 0.318. The summed E-state index contributed by atoms with van der Waals surface area (Å²) in [4.78, 5) is 8.91. The fourth-order valence-corrected chi connectivity index (χ4v) is 3.25. The van der Waals surface area contributed by atoms with Crippen molar-refractivity contribution in [2.45, 2.75) is 51.5 Å². The Morgan fingerprint density at radius 1 is 1.24 bits per heavy atom. The molecule has 0 radical (unpaired) electrons. The minimum absolute atomic E-state index is 0.510. The maximum absolute atomic E-state index is 4.55. The number of hydrogen-bond acceptors (Lipinski definition) is 5. The van der Waals surface area contributed by atoms with Crippen molar-refractivity contribution in [1.82, 2.24) is 20.2 Å². The van der Waals surface area contributed by atoms with Crippen LogP contribution < -0.4 is 10.6 Å². The minimum Gasteiger partial charge on any atom is -0.367 e. The van der Waals surface area contributed by atoms with Crippen molar-refractivity contribution in [2.24, 2.45) is 5.92 Å². The third-order valence-electron chi connectivity index (χ3n) is 4.42. The number of H-pyrrole nitrogens is 1. The number of hydrogen-bond donors (Lipinski definition) is 3. The van der Waals surface area contributed by atoms with Crippen LogP contribution in [0.4, 0.5) is 11.8 Å².